The number of fused-ring (bicyclic) bond motifs is 3. The van der Waals surface area contributed by atoms with E-state index in [1.54, 1.807) is 24.5 Å². The Balaban J connectivity index is 1.68. The molecule has 1 N–H and O–H groups in total. The second-order valence-electron chi connectivity index (χ2n) is 7.61. The molecule has 0 unspecified atom stereocenters. The summed E-state index contributed by atoms with van der Waals surface area (Å²) in [4.78, 5) is 16.5. The summed E-state index contributed by atoms with van der Waals surface area (Å²) in [7, 11) is 2.88. The molecule has 3 heterocycles. The molecule has 9 heteroatoms. The minimum Gasteiger partial charge on any atom is -0.493 e. The lowest BCUT2D eigenvalue weighted by atomic mass is 9.95. The van der Waals surface area contributed by atoms with Crippen LogP contribution in [0.5, 0.6) is 17.2 Å². The highest BCUT2D eigenvalue weighted by Crippen LogP contribution is 2.50. The third-order valence-electron chi connectivity index (χ3n) is 5.80. The van der Waals surface area contributed by atoms with E-state index in [-0.39, 0.29) is 17.4 Å². The number of aromatic carboxylic acids is 1. The van der Waals surface area contributed by atoms with Gasteiger partial charge in [0.15, 0.2) is 11.5 Å². The van der Waals surface area contributed by atoms with E-state index < -0.39 is 12.2 Å². The first-order chi connectivity index (χ1) is 16.0. The van der Waals surface area contributed by atoms with Gasteiger partial charge in [0.25, 0.3) is 0 Å². The standard InChI is InChI=1S/C24H20BrN3O5/c1-31-20-8-6-15(21(24(29)30)22(20)32-2)23-28-18(16-10-14(25)5-7-19(16)33-23)11-17(27-28)13-4-3-9-26-12-13/h3-10,12,18,23H,11H2,1-2H3,(H,29,30)/t18-,23-/m1/s1. The number of halogens is 1. The number of methoxy groups -OCH3 is 2. The SMILES string of the molecule is COc1ccc([C@H]2Oc3ccc(Br)cc3[C@H]3CC(c4cccnc4)=NN32)c(C(=O)O)c1OC. The number of hydrogen-bond donors (Lipinski definition) is 1. The van der Waals surface area contributed by atoms with E-state index in [9.17, 15) is 9.90 Å². The zero-order valence-corrected chi connectivity index (χ0v) is 19.4. The lowest BCUT2D eigenvalue weighted by Gasteiger charge is -2.38. The largest absolute Gasteiger partial charge is 0.493 e. The van der Waals surface area contributed by atoms with Gasteiger partial charge in [0.05, 0.1) is 26.0 Å². The molecule has 168 valence electrons. The molecule has 2 atom stereocenters. The van der Waals surface area contributed by atoms with Gasteiger partial charge in [0, 0.05) is 40.0 Å². The molecule has 1 aromatic heterocycles. The molecule has 0 radical (unpaired) electrons. The fraction of sp³-hybridized carbons (Fsp3) is 0.208. The molecule has 2 aliphatic rings. The highest BCUT2D eigenvalue weighted by Gasteiger charge is 2.43. The summed E-state index contributed by atoms with van der Waals surface area (Å²) in [5, 5.41) is 16.8. The molecule has 0 saturated heterocycles. The minimum atomic E-state index is -1.14. The topological polar surface area (TPSA) is 93.5 Å². The number of pyridine rings is 1. The second-order valence-corrected chi connectivity index (χ2v) is 8.53. The van der Waals surface area contributed by atoms with Gasteiger partial charge in [-0.25, -0.2) is 9.80 Å². The quantitative estimate of drug-likeness (QED) is 0.527. The van der Waals surface area contributed by atoms with Crippen molar-refractivity contribution in [2.75, 3.05) is 14.2 Å². The maximum atomic E-state index is 12.3. The molecule has 2 aromatic carbocycles. The Labute approximate surface area is 198 Å². The van der Waals surface area contributed by atoms with E-state index in [2.05, 4.69) is 20.9 Å². The van der Waals surface area contributed by atoms with E-state index >= 15 is 0 Å². The van der Waals surface area contributed by atoms with Crippen molar-refractivity contribution in [3.63, 3.8) is 0 Å². The number of nitrogens with zero attached hydrogens (tertiary/aromatic N) is 3. The molecule has 3 aromatic rings. The zero-order valence-electron chi connectivity index (χ0n) is 17.9. The lowest BCUT2D eigenvalue weighted by Crippen LogP contribution is -2.34. The van der Waals surface area contributed by atoms with Crippen molar-refractivity contribution >= 4 is 27.6 Å². The van der Waals surface area contributed by atoms with Gasteiger partial charge in [-0.05, 0) is 36.4 Å². The van der Waals surface area contributed by atoms with Crippen LogP contribution in [0.2, 0.25) is 0 Å². The van der Waals surface area contributed by atoms with Gasteiger partial charge in [0.1, 0.15) is 11.3 Å². The highest BCUT2D eigenvalue weighted by atomic mass is 79.9. The fourth-order valence-corrected chi connectivity index (χ4v) is 4.72. The van der Waals surface area contributed by atoms with Crippen molar-refractivity contribution in [2.24, 2.45) is 5.10 Å². The summed E-state index contributed by atoms with van der Waals surface area (Å²) in [5.41, 5.74) is 3.14. The number of carboxylic acids is 1. The number of rotatable bonds is 5. The maximum absolute atomic E-state index is 12.3. The highest BCUT2D eigenvalue weighted by molar-refractivity contribution is 9.10. The predicted molar refractivity (Wildman–Crippen MR) is 124 cm³/mol. The van der Waals surface area contributed by atoms with Crippen LogP contribution in [0.4, 0.5) is 0 Å². The number of carboxylic acid groups (broad SMARTS) is 1. The van der Waals surface area contributed by atoms with Crippen LogP contribution in [0.25, 0.3) is 0 Å². The van der Waals surface area contributed by atoms with Gasteiger partial charge >= 0.3 is 5.97 Å². The van der Waals surface area contributed by atoms with Crippen molar-refractivity contribution < 1.29 is 24.1 Å². The molecule has 0 aliphatic carbocycles. The third kappa shape index (κ3) is 3.58. The van der Waals surface area contributed by atoms with Gasteiger partial charge in [-0.1, -0.05) is 22.0 Å². The first-order valence-corrected chi connectivity index (χ1v) is 11.0. The molecule has 8 nitrogen and oxygen atoms in total. The number of hydrazone groups is 1. The minimum absolute atomic E-state index is 0.0220. The Hall–Kier alpha value is -3.59. The van der Waals surface area contributed by atoms with Crippen molar-refractivity contribution in [1.29, 1.82) is 0 Å². The first kappa shape index (κ1) is 21.3. The van der Waals surface area contributed by atoms with Gasteiger partial charge in [-0.2, -0.15) is 5.10 Å². The van der Waals surface area contributed by atoms with Gasteiger partial charge in [-0.3, -0.25) is 4.98 Å². The van der Waals surface area contributed by atoms with Crippen LogP contribution in [0.1, 0.15) is 45.7 Å². The summed E-state index contributed by atoms with van der Waals surface area (Å²) >= 11 is 3.54. The van der Waals surface area contributed by atoms with Crippen molar-refractivity contribution in [2.45, 2.75) is 18.7 Å². The molecule has 0 spiro atoms. The Kier molecular flexibility index (Phi) is 5.41. The molecule has 0 saturated carbocycles. The van der Waals surface area contributed by atoms with Crippen molar-refractivity contribution in [1.82, 2.24) is 9.99 Å². The van der Waals surface area contributed by atoms with E-state index in [1.165, 1.54) is 14.2 Å². The summed E-state index contributed by atoms with van der Waals surface area (Å²) in [6.07, 6.45) is 3.34. The molecule has 0 fully saturated rings. The molecular formula is C24H20BrN3O5. The summed E-state index contributed by atoms with van der Waals surface area (Å²) in [5.74, 6) is 0.00703. The van der Waals surface area contributed by atoms with E-state index in [1.807, 2.05) is 35.3 Å². The molecule has 33 heavy (non-hydrogen) atoms. The molecule has 5 rings (SSSR count). The number of aromatic nitrogens is 1. The monoisotopic (exact) mass is 509 g/mol. The summed E-state index contributed by atoms with van der Waals surface area (Å²) < 4.78 is 18.0. The van der Waals surface area contributed by atoms with Crippen LogP contribution in [0.3, 0.4) is 0 Å². The van der Waals surface area contributed by atoms with E-state index in [0.29, 0.717) is 23.5 Å². The predicted octanol–water partition coefficient (Wildman–Crippen LogP) is 4.80. The van der Waals surface area contributed by atoms with Crippen LogP contribution in [-0.4, -0.2) is 41.0 Å². The number of benzene rings is 2. The number of hydrogen-bond acceptors (Lipinski definition) is 7. The third-order valence-corrected chi connectivity index (χ3v) is 6.30. The smallest absolute Gasteiger partial charge is 0.340 e. The second kappa shape index (κ2) is 8.40. The Morgan fingerprint density at radius 2 is 2.03 bits per heavy atom. The normalized spacial score (nSPS) is 18.6. The fourth-order valence-electron chi connectivity index (χ4n) is 4.34. The zero-order chi connectivity index (χ0) is 23.1. The maximum Gasteiger partial charge on any atom is 0.340 e. The van der Waals surface area contributed by atoms with Gasteiger partial charge < -0.3 is 19.3 Å². The van der Waals surface area contributed by atoms with Crippen LogP contribution < -0.4 is 14.2 Å². The molecular weight excluding hydrogens is 490 g/mol. The number of carbonyl (C=O) groups is 1. The van der Waals surface area contributed by atoms with E-state index in [4.69, 9.17) is 19.3 Å². The summed E-state index contributed by atoms with van der Waals surface area (Å²) in [6, 6.07) is 12.8. The Morgan fingerprint density at radius 1 is 1.18 bits per heavy atom. The van der Waals surface area contributed by atoms with Crippen LogP contribution in [0.15, 0.2) is 64.4 Å². The van der Waals surface area contributed by atoms with Crippen molar-refractivity contribution in [3.8, 4) is 17.2 Å². The van der Waals surface area contributed by atoms with Crippen LogP contribution in [0, 0.1) is 0 Å². The summed E-state index contributed by atoms with van der Waals surface area (Å²) in [6.45, 7) is 0. The number of ether oxygens (including phenoxy) is 3. The Morgan fingerprint density at radius 3 is 2.73 bits per heavy atom. The Bertz CT molecular complexity index is 1260. The molecule has 0 amide bonds. The molecule has 0 bridgehead atoms. The molecule has 2 aliphatic heterocycles. The first-order valence-electron chi connectivity index (χ1n) is 10.2. The average molecular weight is 510 g/mol. The van der Waals surface area contributed by atoms with Crippen LogP contribution >= 0.6 is 15.9 Å². The lowest BCUT2D eigenvalue weighted by molar-refractivity contribution is -0.0199. The van der Waals surface area contributed by atoms with E-state index in [0.717, 1.165) is 21.3 Å². The van der Waals surface area contributed by atoms with Crippen LogP contribution in [-0.2, 0) is 0 Å². The van der Waals surface area contributed by atoms with Gasteiger partial charge in [0.2, 0.25) is 6.23 Å². The van der Waals surface area contributed by atoms with Gasteiger partial charge in [-0.15, -0.1) is 0 Å². The average Bonchev–Trinajstić information content (AvgIpc) is 3.29. The van der Waals surface area contributed by atoms with Crippen molar-refractivity contribution in [3.05, 3.63) is 81.6 Å².